The van der Waals surface area contributed by atoms with Crippen LogP contribution in [0.2, 0.25) is 0 Å². The fraction of sp³-hybridized carbons (Fsp3) is 0.129. The first-order chi connectivity index (χ1) is 18.6. The van der Waals surface area contributed by atoms with Crippen LogP contribution >= 0.6 is 0 Å². The highest BCUT2D eigenvalue weighted by atomic mass is 16.5. The third kappa shape index (κ3) is 5.27. The van der Waals surface area contributed by atoms with Crippen molar-refractivity contribution in [1.29, 1.82) is 0 Å². The van der Waals surface area contributed by atoms with Crippen molar-refractivity contribution in [3.63, 3.8) is 0 Å². The van der Waals surface area contributed by atoms with Gasteiger partial charge < -0.3 is 19.5 Å². The van der Waals surface area contributed by atoms with E-state index in [2.05, 4.69) is 5.32 Å². The smallest absolute Gasteiger partial charge is 0.251 e. The minimum atomic E-state index is -0.193. The summed E-state index contributed by atoms with van der Waals surface area (Å²) in [5, 5.41) is 2.97. The van der Waals surface area contributed by atoms with E-state index >= 15 is 0 Å². The molecule has 0 spiro atoms. The van der Waals surface area contributed by atoms with Gasteiger partial charge in [-0.15, -0.1) is 0 Å². The summed E-state index contributed by atoms with van der Waals surface area (Å²) in [6, 6.07) is 28.4. The molecule has 38 heavy (non-hydrogen) atoms. The zero-order chi connectivity index (χ0) is 26.5. The maximum atomic E-state index is 13.0. The van der Waals surface area contributed by atoms with Gasteiger partial charge in [0, 0.05) is 23.2 Å². The number of rotatable bonds is 8. The van der Waals surface area contributed by atoms with E-state index in [1.807, 2.05) is 78.9 Å². The van der Waals surface area contributed by atoms with Crippen molar-refractivity contribution < 1.29 is 19.0 Å². The molecule has 7 heteroatoms. The summed E-state index contributed by atoms with van der Waals surface area (Å²) in [7, 11) is 4.89. The predicted molar refractivity (Wildman–Crippen MR) is 148 cm³/mol. The van der Waals surface area contributed by atoms with E-state index in [0.29, 0.717) is 28.8 Å². The second-order valence-corrected chi connectivity index (χ2v) is 8.62. The molecule has 0 aliphatic rings. The lowest BCUT2D eigenvalue weighted by molar-refractivity contribution is 0.0951. The maximum Gasteiger partial charge on any atom is 0.251 e. The van der Waals surface area contributed by atoms with Gasteiger partial charge in [-0.3, -0.25) is 4.79 Å². The van der Waals surface area contributed by atoms with Gasteiger partial charge in [-0.25, -0.2) is 9.97 Å². The number of nitrogens with one attached hydrogen (secondary N) is 1. The molecule has 0 atom stereocenters. The van der Waals surface area contributed by atoms with Gasteiger partial charge in [-0.2, -0.15) is 0 Å². The third-order valence-corrected chi connectivity index (χ3v) is 6.24. The summed E-state index contributed by atoms with van der Waals surface area (Å²) in [6.07, 6.45) is 0. The van der Waals surface area contributed by atoms with E-state index < -0.39 is 0 Å². The molecule has 1 heterocycles. The molecule has 0 aliphatic carbocycles. The third-order valence-electron chi connectivity index (χ3n) is 6.24. The summed E-state index contributed by atoms with van der Waals surface area (Å²) in [5.41, 5.74) is 6.01. The van der Waals surface area contributed by atoms with Crippen LogP contribution in [0.4, 0.5) is 0 Å². The van der Waals surface area contributed by atoms with E-state index in [-0.39, 0.29) is 5.91 Å². The Hall–Kier alpha value is -4.91. The molecule has 1 aromatic heterocycles. The van der Waals surface area contributed by atoms with Gasteiger partial charge in [0.25, 0.3) is 5.91 Å². The molecule has 7 nitrogen and oxygen atoms in total. The first-order valence-electron chi connectivity index (χ1n) is 12.1. The van der Waals surface area contributed by atoms with Crippen LogP contribution in [0.3, 0.4) is 0 Å². The lowest BCUT2D eigenvalue weighted by Crippen LogP contribution is -2.22. The van der Waals surface area contributed by atoms with Gasteiger partial charge in [-0.1, -0.05) is 12.1 Å². The van der Waals surface area contributed by atoms with Crippen LogP contribution < -0.4 is 19.5 Å². The number of fused-ring (bicyclic) bond motifs is 1. The number of amides is 1. The molecule has 4 aromatic carbocycles. The molecule has 0 saturated heterocycles. The van der Waals surface area contributed by atoms with Gasteiger partial charge in [0.2, 0.25) is 0 Å². The minimum Gasteiger partial charge on any atom is -0.497 e. The van der Waals surface area contributed by atoms with E-state index in [0.717, 1.165) is 39.6 Å². The number of benzene rings is 4. The number of hydrogen-bond donors (Lipinski definition) is 1. The SMILES string of the molecule is COc1ccc(-c2nc3ccc(C(=O)NCc4cccc(OC)c4)cc3nc2-c2ccc(OC)cc2)cc1. The van der Waals surface area contributed by atoms with Gasteiger partial charge in [0.15, 0.2) is 0 Å². The molecule has 1 amide bonds. The molecule has 0 fully saturated rings. The number of nitrogens with zero attached hydrogens (tertiary/aromatic N) is 2. The average molecular weight is 506 g/mol. The topological polar surface area (TPSA) is 82.6 Å². The molecule has 0 aliphatic heterocycles. The number of ether oxygens (including phenoxy) is 3. The Kier molecular flexibility index (Phi) is 7.17. The number of aromatic nitrogens is 2. The second kappa shape index (κ2) is 11.0. The Morgan fingerprint density at radius 2 is 1.24 bits per heavy atom. The van der Waals surface area contributed by atoms with Crippen LogP contribution in [-0.4, -0.2) is 37.2 Å². The van der Waals surface area contributed by atoms with Crippen LogP contribution in [0.5, 0.6) is 17.2 Å². The van der Waals surface area contributed by atoms with Crippen LogP contribution in [0, 0.1) is 0 Å². The molecule has 0 saturated carbocycles. The quantitative estimate of drug-likeness (QED) is 0.282. The van der Waals surface area contributed by atoms with Crippen LogP contribution in [-0.2, 0) is 6.54 Å². The van der Waals surface area contributed by atoms with Gasteiger partial charge in [-0.05, 0) is 84.4 Å². The number of carbonyl (C=O) groups excluding carboxylic acids is 1. The first kappa shape index (κ1) is 24.8. The monoisotopic (exact) mass is 505 g/mol. The molecule has 0 bridgehead atoms. The van der Waals surface area contributed by atoms with Crippen LogP contribution in [0.1, 0.15) is 15.9 Å². The predicted octanol–water partition coefficient (Wildman–Crippen LogP) is 5.92. The van der Waals surface area contributed by atoms with Crippen molar-refractivity contribution in [2.45, 2.75) is 6.54 Å². The fourth-order valence-electron chi connectivity index (χ4n) is 4.16. The summed E-state index contributed by atoms with van der Waals surface area (Å²) in [5.74, 6) is 2.07. The zero-order valence-electron chi connectivity index (χ0n) is 21.4. The normalized spacial score (nSPS) is 10.7. The van der Waals surface area contributed by atoms with Crippen molar-refractivity contribution >= 4 is 16.9 Å². The summed E-state index contributed by atoms with van der Waals surface area (Å²) >= 11 is 0. The molecule has 5 aromatic rings. The highest BCUT2D eigenvalue weighted by Crippen LogP contribution is 2.33. The molecule has 0 unspecified atom stereocenters. The maximum absolute atomic E-state index is 13.0. The van der Waals surface area contributed by atoms with Crippen molar-refractivity contribution in [3.05, 3.63) is 102 Å². The van der Waals surface area contributed by atoms with Crippen LogP contribution in [0.15, 0.2) is 91.0 Å². The fourth-order valence-corrected chi connectivity index (χ4v) is 4.16. The average Bonchev–Trinajstić information content (AvgIpc) is 2.99. The lowest BCUT2D eigenvalue weighted by Gasteiger charge is -2.12. The summed E-state index contributed by atoms with van der Waals surface area (Å²) < 4.78 is 15.9. The van der Waals surface area contributed by atoms with Gasteiger partial charge in [0.1, 0.15) is 17.2 Å². The molecular formula is C31H27N3O4. The highest BCUT2D eigenvalue weighted by molar-refractivity contribution is 5.98. The number of hydrogen-bond acceptors (Lipinski definition) is 6. The van der Waals surface area contributed by atoms with Crippen molar-refractivity contribution in [2.75, 3.05) is 21.3 Å². The summed E-state index contributed by atoms with van der Waals surface area (Å²) in [4.78, 5) is 22.9. The molecular weight excluding hydrogens is 478 g/mol. The Bertz CT molecular complexity index is 1580. The Labute approximate surface area is 221 Å². The Balaban J connectivity index is 1.51. The van der Waals surface area contributed by atoms with Gasteiger partial charge in [0.05, 0.1) is 43.8 Å². The van der Waals surface area contributed by atoms with E-state index in [9.17, 15) is 4.79 Å². The largest absolute Gasteiger partial charge is 0.497 e. The molecule has 190 valence electrons. The van der Waals surface area contributed by atoms with Crippen molar-refractivity contribution in [2.24, 2.45) is 0 Å². The summed E-state index contributed by atoms with van der Waals surface area (Å²) in [6.45, 7) is 0.382. The molecule has 5 rings (SSSR count). The standard InChI is InChI=1S/C31H27N3O4/c1-36-24-12-7-21(8-13-24)29-30(22-9-14-25(37-2)15-10-22)34-28-18-23(11-16-27(28)33-29)31(35)32-19-20-5-4-6-26(17-20)38-3/h4-18H,19H2,1-3H3,(H,32,35). The highest BCUT2D eigenvalue weighted by Gasteiger charge is 2.15. The first-order valence-corrected chi connectivity index (χ1v) is 12.1. The lowest BCUT2D eigenvalue weighted by atomic mass is 10.0. The Morgan fingerprint density at radius 3 is 1.82 bits per heavy atom. The van der Waals surface area contributed by atoms with E-state index in [1.54, 1.807) is 33.5 Å². The number of carbonyl (C=O) groups is 1. The second-order valence-electron chi connectivity index (χ2n) is 8.62. The minimum absolute atomic E-state index is 0.193. The Morgan fingerprint density at radius 1 is 0.658 bits per heavy atom. The van der Waals surface area contributed by atoms with E-state index in [4.69, 9.17) is 24.2 Å². The molecule has 0 radical (unpaired) electrons. The zero-order valence-corrected chi connectivity index (χ0v) is 21.4. The van der Waals surface area contributed by atoms with Gasteiger partial charge >= 0.3 is 0 Å². The van der Waals surface area contributed by atoms with Crippen molar-refractivity contribution in [3.8, 4) is 39.8 Å². The number of methoxy groups -OCH3 is 3. The van der Waals surface area contributed by atoms with E-state index in [1.165, 1.54) is 0 Å². The molecule has 1 N–H and O–H groups in total. The van der Waals surface area contributed by atoms with Crippen molar-refractivity contribution in [1.82, 2.24) is 15.3 Å². The van der Waals surface area contributed by atoms with Crippen LogP contribution in [0.25, 0.3) is 33.5 Å².